The Morgan fingerprint density at radius 2 is 1.88 bits per heavy atom. The maximum absolute atomic E-state index is 12.8. The number of halogens is 3. The number of nitrogens with one attached hydrogen (secondary N) is 1. The zero-order chi connectivity index (χ0) is 17.6. The molecular formula is C18H14F3NO3. The molecule has 25 heavy (non-hydrogen) atoms. The summed E-state index contributed by atoms with van der Waals surface area (Å²) in [6.07, 6.45) is -3.22. The van der Waals surface area contributed by atoms with Gasteiger partial charge in [-0.05, 0) is 24.3 Å². The second kappa shape index (κ2) is 5.68. The van der Waals surface area contributed by atoms with Crippen molar-refractivity contribution in [2.75, 3.05) is 18.5 Å². The molecule has 0 aliphatic carbocycles. The summed E-state index contributed by atoms with van der Waals surface area (Å²) in [5.41, 5.74) is 1.26. The smallest absolute Gasteiger partial charge is 0.416 e. The Balaban J connectivity index is 1.69. The number of carbonyl (C=O) groups excluding carboxylic acids is 1. The van der Waals surface area contributed by atoms with E-state index in [9.17, 15) is 18.0 Å². The first-order valence-electron chi connectivity index (χ1n) is 7.86. The van der Waals surface area contributed by atoms with E-state index < -0.39 is 17.6 Å². The second-order valence-electron chi connectivity index (χ2n) is 5.95. The van der Waals surface area contributed by atoms with E-state index in [2.05, 4.69) is 5.32 Å². The van der Waals surface area contributed by atoms with E-state index in [0.717, 1.165) is 23.3 Å². The Morgan fingerprint density at radius 3 is 2.68 bits per heavy atom. The molecule has 2 heterocycles. The molecule has 0 radical (unpaired) electrons. The van der Waals surface area contributed by atoms with Crippen molar-refractivity contribution < 1.29 is 27.4 Å². The van der Waals surface area contributed by atoms with Gasteiger partial charge in [0.1, 0.15) is 11.5 Å². The highest BCUT2D eigenvalue weighted by Crippen LogP contribution is 2.41. The lowest BCUT2D eigenvalue weighted by atomic mass is 9.99. The maximum Gasteiger partial charge on any atom is 0.416 e. The number of hydrogen-bond donors (Lipinski definition) is 1. The van der Waals surface area contributed by atoms with Crippen molar-refractivity contribution in [2.24, 2.45) is 0 Å². The lowest BCUT2D eigenvalue weighted by Crippen LogP contribution is -2.16. The van der Waals surface area contributed by atoms with Crippen molar-refractivity contribution in [3.05, 3.63) is 52.6 Å². The van der Waals surface area contributed by atoms with Gasteiger partial charge < -0.3 is 14.8 Å². The summed E-state index contributed by atoms with van der Waals surface area (Å²) in [5, 5.41) is 2.56. The van der Waals surface area contributed by atoms with E-state index in [-0.39, 0.29) is 5.69 Å². The molecule has 130 valence electrons. The Kier molecular flexibility index (Phi) is 3.59. The van der Waals surface area contributed by atoms with Crippen molar-refractivity contribution >= 4 is 11.6 Å². The molecule has 7 heteroatoms. The number of hydrogen-bond acceptors (Lipinski definition) is 3. The zero-order valence-electron chi connectivity index (χ0n) is 13.1. The number of carbonyl (C=O) groups is 1. The lowest BCUT2D eigenvalue weighted by Gasteiger charge is -2.14. The van der Waals surface area contributed by atoms with Crippen LogP contribution in [0.2, 0.25) is 0 Å². The van der Waals surface area contributed by atoms with Gasteiger partial charge in [-0.1, -0.05) is 6.07 Å². The third kappa shape index (κ3) is 2.79. The van der Waals surface area contributed by atoms with E-state index in [1.54, 1.807) is 0 Å². The van der Waals surface area contributed by atoms with Gasteiger partial charge in [0.2, 0.25) is 0 Å². The lowest BCUT2D eigenvalue weighted by molar-refractivity contribution is -0.137. The molecule has 0 spiro atoms. The first-order valence-corrected chi connectivity index (χ1v) is 7.86. The monoisotopic (exact) mass is 349 g/mol. The summed E-state index contributed by atoms with van der Waals surface area (Å²) < 4.78 is 49.7. The van der Waals surface area contributed by atoms with Gasteiger partial charge in [-0.3, -0.25) is 4.79 Å². The summed E-state index contributed by atoms with van der Waals surface area (Å²) >= 11 is 0. The molecule has 0 atom stereocenters. The third-order valence-electron chi connectivity index (χ3n) is 4.33. The Morgan fingerprint density at radius 1 is 1.08 bits per heavy atom. The molecule has 0 fully saturated rings. The fraction of sp³-hybridized carbons (Fsp3) is 0.278. The fourth-order valence-electron chi connectivity index (χ4n) is 3.19. The van der Waals surface area contributed by atoms with E-state index in [0.29, 0.717) is 43.1 Å². The molecule has 2 aliphatic heterocycles. The minimum atomic E-state index is -4.47. The largest absolute Gasteiger partial charge is 0.493 e. The standard InChI is InChI=1S/C18H14F3NO3/c19-18(20,21)11-2-1-3-12(9-11)22-17(23)15-13-5-7-24-14(13)8-10-4-6-25-16(10)15/h1-3,8-9H,4-7H2,(H,22,23). The molecule has 0 bridgehead atoms. The summed E-state index contributed by atoms with van der Waals surface area (Å²) in [6.45, 7) is 0.949. The Labute approximate surface area is 141 Å². The second-order valence-corrected chi connectivity index (χ2v) is 5.95. The molecule has 2 aliphatic rings. The number of ether oxygens (including phenoxy) is 2. The van der Waals surface area contributed by atoms with Crippen LogP contribution in [0.4, 0.5) is 18.9 Å². The number of fused-ring (bicyclic) bond motifs is 2. The van der Waals surface area contributed by atoms with E-state index in [4.69, 9.17) is 9.47 Å². The highest BCUT2D eigenvalue weighted by molar-refractivity contribution is 6.08. The number of benzene rings is 2. The molecular weight excluding hydrogens is 335 g/mol. The van der Waals surface area contributed by atoms with Crippen molar-refractivity contribution in [3.8, 4) is 11.5 Å². The van der Waals surface area contributed by atoms with Crippen LogP contribution in [0.5, 0.6) is 11.5 Å². The molecule has 4 nitrogen and oxygen atoms in total. The molecule has 0 unspecified atom stereocenters. The van der Waals surface area contributed by atoms with Crippen LogP contribution >= 0.6 is 0 Å². The predicted molar refractivity (Wildman–Crippen MR) is 84.2 cm³/mol. The van der Waals surface area contributed by atoms with Crippen LogP contribution in [0, 0.1) is 0 Å². The van der Waals surface area contributed by atoms with Crippen LogP contribution in [0.25, 0.3) is 0 Å². The SMILES string of the molecule is O=C(Nc1cccc(C(F)(F)F)c1)c1c2c(cc3c1OCC3)OCC2. The van der Waals surface area contributed by atoms with Gasteiger partial charge in [0.25, 0.3) is 5.91 Å². The minimum absolute atomic E-state index is 0.0862. The normalized spacial score (nSPS) is 15.2. The maximum atomic E-state index is 12.8. The van der Waals surface area contributed by atoms with Crippen molar-refractivity contribution in [3.63, 3.8) is 0 Å². The van der Waals surface area contributed by atoms with E-state index in [1.807, 2.05) is 6.07 Å². The van der Waals surface area contributed by atoms with Gasteiger partial charge in [-0.2, -0.15) is 13.2 Å². The first kappa shape index (κ1) is 15.8. The zero-order valence-corrected chi connectivity index (χ0v) is 13.1. The molecule has 2 aromatic carbocycles. The van der Waals surface area contributed by atoms with Crippen LogP contribution in [0.3, 0.4) is 0 Å². The van der Waals surface area contributed by atoms with Crippen molar-refractivity contribution in [1.82, 2.24) is 0 Å². The van der Waals surface area contributed by atoms with Crippen molar-refractivity contribution in [1.29, 1.82) is 0 Å². The first-order chi connectivity index (χ1) is 11.9. The number of alkyl halides is 3. The van der Waals surface area contributed by atoms with Gasteiger partial charge >= 0.3 is 6.18 Å². The van der Waals surface area contributed by atoms with Crippen molar-refractivity contribution in [2.45, 2.75) is 19.0 Å². The summed E-state index contributed by atoms with van der Waals surface area (Å²) in [5.74, 6) is 0.673. The Bertz CT molecular complexity index is 829. The highest BCUT2D eigenvalue weighted by Gasteiger charge is 2.32. The van der Waals surface area contributed by atoms with Crippen LogP contribution in [0.1, 0.15) is 27.0 Å². The van der Waals surface area contributed by atoms with Gasteiger partial charge in [0, 0.05) is 29.7 Å². The van der Waals surface area contributed by atoms with Crippen LogP contribution in [-0.4, -0.2) is 19.1 Å². The molecule has 4 rings (SSSR count). The van der Waals surface area contributed by atoms with Crippen LogP contribution in [0.15, 0.2) is 30.3 Å². The Hall–Kier alpha value is -2.70. The number of rotatable bonds is 2. The van der Waals surface area contributed by atoms with Crippen LogP contribution in [-0.2, 0) is 19.0 Å². The van der Waals surface area contributed by atoms with Gasteiger partial charge in [-0.25, -0.2) is 0 Å². The molecule has 0 aromatic heterocycles. The van der Waals surface area contributed by atoms with Crippen LogP contribution < -0.4 is 14.8 Å². The topological polar surface area (TPSA) is 47.6 Å². The summed E-state index contributed by atoms with van der Waals surface area (Å²) in [4.78, 5) is 12.8. The fourth-order valence-corrected chi connectivity index (χ4v) is 3.19. The molecule has 0 saturated heterocycles. The average molecular weight is 349 g/mol. The molecule has 1 N–H and O–H groups in total. The van der Waals surface area contributed by atoms with Gasteiger partial charge in [0.05, 0.1) is 24.3 Å². The third-order valence-corrected chi connectivity index (χ3v) is 4.33. The minimum Gasteiger partial charge on any atom is -0.493 e. The number of anilines is 1. The molecule has 1 amide bonds. The quantitative estimate of drug-likeness (QED) is 0.896. The van der Waals surface area contributed by atoms with Gasteiger partial charge in [0.15, 0.2) is 0 Å². The van der Waals surface area contributed by atoms with E-state index >= 15 is 0 Å². The van der Waals surface area contributed by atoms with Gasteiger partial charge in [-0.15, -0.1) is 0 Å². The molecule has 0 saturated carbocycles. The summed E-state index contributed by atoms with van der Waals surface area (Å²) in [7, 11) is 0. The molecule has 2 aromatic rings. The average Bonchev–Trinajstić information content (AvgIpc) is 3.20. The number of amides is 1. The predicted octanol–water partition coefficient (Wildman–Crippen LogP) is 3.83. The van der Waals surface area contributed by atoms with E-state index in [1.165, 1.54) is 12.1 Å². The highest BCUT2D eigenvalue weighted by atomic mass is 19.4. The summed E-state index contributed by atoms with van der Waals surface area (Å²) in [6, 6.07) is 6.45.